The largest absolute Gasteiger partial charge is 0.289 e. The third kappa shape index (κ3) is 3.98. The maximum absolute atomic E-state index is 13.0. The highest BCUT2D eigenvalue weighted by Crippen LogP contribution is 2.24. The lowest BCUT2D eigenvalue weighted by Gasteiger charge is -2.04. The minimum Gasteiger partial charge on any atom is -0.289 e. The summed E-state index contributed by atoms with van der Waals surface area (Å²) in [4.78, 5) is 21.6. The lowest BCUT2D eigenvalue weighted by Crippen LogP contribution is -2.14. The van der Waals surface area contributed by atoms with Crippen LogP contribution in [-0.4, -0.2) is 45.1 Å². The summed E-state index contributed by atoms with van der Waals surface area (Å²) in [6, 6.07) is 10.0. The second-order valence-electron chi connectivity index (χ2n) is 7.82. The first kappa shape index (κ1) is 20.6. The van der Waals surface area contributed by atoms with Gasteiger partial charge in [-0.05, 0) is 32.4 Å². The van der Waals surface area contributed by atoms with Gasteiger partial charge in [-0.3, -0.25) is 14.8 Å². The SMILES string of the molecule is CCn1cc(-c2ccnc3c(C(=O)Nc4ncn(Cc5cccc(C)c5)n4)cnn23)c(C)n1. The number of carbonyl (C=O) groups is 1. The van der Waals surface area contributed by atoms with E-state index < -0.39 is 0 Å². The second-order valence-corrected chi connectivity index (χ2v) is 7.82. The van der Waals surface area contributed by atoms with Gasteiger partial charge in [-0.1, -0.05) is 29.8 Å². The topological polar surface area (TPSA) is 108 Å². The van der Waals surface area contributed by atoms with Crippen LogP contribution in [0.3, 0.4) is 0 Å². The van der Waals surface area contributed by atoms with Gasteiger partial charge < -0.3 is 0 Å². The minimum absolute atomic E-state index is 0.225. The molecule has 5 rings (SSSR count). The molecule has 0 atom stereocenters. The Morgan fingerprint density at radius 3 is 2.76 bits per heavy atom. The monoisotopic (exact) mass is 441 g/mol. The lowest BCUT2D eigenvalue weighted by molar-refractivity contribution is 0.102. The lowest BCUT2D eigenvalue weighted by atomic mass is 10.1. The Kier molecular flexibility index (Phi) is 5.17. The fourth-order valence-electron chi connectivity index (χ4n) is 3.78. The number of aromatic nitrogens is 8. The predicted octanol–water partition coefficient (Wildman–Crippen LogP) is 3.12. The van der Waals surface area contributed by atoms with Gasteiger partial charge in [-0.25, -0.2) is 19.2 Å². The van der Waals surface area contributed by atoms with Gasteiger partial charge >= 0.3 is 0 Å². The van der Waals surface area contributed by atoms with Crippen molar-refractivity contribution in [3.8, 4) is 11.3 Å². The van der Waals surface area contributed by atoms with Gasteiger partial charge in [0.25, 0.3) is 5.91 Å². The normalized spacial score (nSPS) is 11.2. The van der Waals surface area contributed by atoms with Crippen LogP contribution in [0, 0.1) is 13.8 Å². The molecule has 0 saturated carbocycles. The molecule has 0 spiro atoms. The smallest absolute Gasteiger partial charge is 0.263 e. The number of carbonyl (C=O) groups excluding carboxylic acids is 1. The Balaban J connectivity index is 1.38. The molecule has 0 fully saturated rings. The van der Waals surface area contributed by atoms with E-state index in [0.717, 1.165) is 29.1 Å². The Hall–Kier alpha value is -4.34. The molecule has 0 aliphatic rings. The molecule has 1 N–H and O–H groups in total. The molecule has 0 aliphatic carbocycles. The van der Waals surface area contributed by atoms with Crippen LogP contribution in [0.15, 0.2) is 55.2 Å². The highest BCUT2D eigenvalue weighted by molar-refractivity contribution is 6.07. The van der Waals surface area contributed by atoms with E-state index in [1.54, 1.807) is 21.7 Å². The van der Waals surface area contributed by atoms with Crippen molar-refractivity contribution in [1.29, 1.82) is 0 Å². The van der Waals surface area contributed by atoms with Gasteiger partial charge in [0, 0.05) is 24.5 Å². The third-order valence-corrected chi connectivity index (χ3v) is 5.38. The standard InChI is InChI=1S/C23H23N9O/c1-4-30-13-19(16(3)28-30)20-8-9-24-21-18(11-26-32(20)21)22(33)27-23-25-14-31(29-23)12-17-7-5-6-15(2)10-17/h5-11,13-14H,4,12H2,1-3H3,(H,27,29,33). The third-order valence-electron chi connectivity index (χ3n) is 5.38. The van der Waals surface area contributed by atoms with E-state index in [4.69, 9.17) is 0 Å². The number of benzene rings is 1. The average molecular weight is 441 g/mol. The van der Waals surface area contributed by atoms with E-state index in [-0.39, 0.29) is 11.9 Å². The van der Waals surface area contributed by atoms with Gasteiger partial charge in [-0.2, -0.15) is 10.2 Å². The van der Waals surface area contributed by atoms with Gasteiger partial charge in [0.1, 0.15) is 11.9 Å². The molecule has 0 aliphatic heterocycles. The molecule has 4 heterocycles. The molecule has 5 aromatic rings. The van der Waals surface area contributed by atoms with Crippen LogP contribution in [0.25, 0.3) is 16.9 Å². The van der Waals surface area contributed by atoms with Gasteiger partial charge in [0.2, 0.25) is 5.95 Å². The van der Waals surface area contributed by atoms with Gasteiger partial charge in [-0.15, -0.1) is 5.10 Å². The number of amides is 1. The first-order valence-electron chi connectivity index (χ1n) is 10.7. The highest BCUT2D eigenvalue weighted by atomic mass is 16.1. The molecular formula is C23H23N9O. The van der Waals surface area contributed by atoms with Crippen molar-refractivity contribution < 1.29 is 4.79 Å². The van der Waals surface area contributed by atoms with E-state index in [1.165, 1.54) is 11.8 Å². The maximum Gasteiger partial charge on any atom is 0.263 e. The summed E-state index contributed by atoms with van der Waals surface area (Å²) in [6.07, 6.45) is 6.74. The zero-order chi connectivity index (χ0) is 22.9. The van der Waals surface area contributed by atoms with Crippen molar-refractivity contribution in [3.05, 3.63) is 77.6 Å². The van der Waals surface area contributed by atoms with Crippen LogP contribution in [0.4, 0.5) is 5.95 Å². The number of fused-ring (bicyclic) bond motifs is 1. The number of rotatable bonds is 6. The summed E-state index contributed by atoms with van der Waals surface area (Å²) in [5.41, 5.74) is 5.72. The van der Waals surface area contributed by atoms with Crippen LogP contribution in [0.5, 0.6) is 0 Å². The fraction of sp³-hybridized carbons (Fsp3) is 0.217. The highest BCUT2D eigenvalue weighted by Gasteiger charge is 2.19. The summed E-state index contributed by atoms with van der Waals surface area (Å²) in [6.45, 7) is 7.36. The molecule has 4 aromatic heterocycles. The molecule has 0 saturated heterocycles. The van der Waals surface area contributed by atoms with Crippen molar-refractivity contribution in [2.24, 2.45) is 0 Å². The van der Waals surface area contributed by atoms with Crippen molar-refractivity contribution >= 4 is 17.5 Å². The molecule has 1 aromatic carbocycles. The summed E-state index contributed by atoms with van der Waals surface area (Å²) >= 11 is 0. The zero-order valence-corrected chi connectivity index (χ0v) is 18.6. The molecular weight excluding hydrogens is 418 g/mol. The van der Waals surface area contributed by atoms with Crippen LogP contribution in [-0.2, 0) is 13.1 Å². The van der Waals surface area contributed by atoms with E-state index >= 15 is 0 Å². The van der Waals surface area contributed by atoms with Crippen molar-refractivity contribution in [1.82, 2.24) is 39.1 Å². The van der Waals surface area contributed by atoms with E-state index in [0.29, 0.717) is 17.8 Å². The van der Waals surface area contributed by atoms with Crippen LogP contribution in [0.2, 0.25) is 0 Å². The van der Waals surface area contributed by atoms with Crippen LogP contribution >= 0.6 is 0 Å². The quantitative estimate of drug-likeness (QED) is 0.434. The van der Waals surface area contributed by atoms with Crippen molar-refractivity contribution in [2.75, 3.05) is 5.32 Å². The molecule has 10 nitrogen and oxygen atoms in total. The number of aryl methyl sites for hydroxylation is 3. The van der Waals surface area contributed by atoms with Crippen molar-refractivity contribution in [3.63, 3.8) is 0 Å². The van der Waals surface area contributed by atoms with Crippen LogP contribution < -0.4 is 5.32 Å². The van der Waals surface area contributed by atoms with Gasteiger partial charge in [0.05, 0.1) is 24.1 Å². The Bertz CT molecular complexity index is 1460. The Morgan fingerprint density at radius 1 is 1.09 bits per heavy atom. The Morgan fingerprint density at radius 2 is 1.97 bits per heavy atom. The maximum atomic E-state index is 13.0. The molecule has 0 unspecified atom stereocenters. The first-order valence-corrected chi connectivity index (χ1v) is 10.7. The molecule has 0 radical (unpaired) electrons. The fourth-order valence-corrected chi connectivity index (χ4v) is 3.78. The van der Waals surface area contributed by atoms with E-state index in [9.17, 15) is 4.79 Å². The Labute approximate surface area is 189 Å². The predicted molar refractivity (Wildman–Crippen MR) is 123 cm³/mol. The van der Waals surface area contributed by atoms with E-state index in [1.807, 2.05) is 55.9 Å². The molecule has 33 heavy (non-hydrogen) atoms. The summed E-state index contributed by atoms with van der Waals surface area (Å²) in [7, 11) is 0. The number of nitrogens with one attached hydrogen (secondary N) is 1. The molecule has 166 valence electrons. The first-order chi connectivity index (χ1) is 16.0. The zero-order valence-electron chi connectivity index (χ0n) is 18.6. The molecule has 0 bridgehead atoms. The summed E-state index contributed by atoms with van der Waals surface area (Å²) in [5.74, 6) is -0.146. The summed E-state index contributed by atoms with van der Waals surface area (Å²) < 4.78 is 5.21. The van der Waals surface area contributed by atoms with Crippen LogP contribution in [0.1, 0.15) is 34.1 Å². The number of hydrogen-bond acceptors (Lipinski definition) is 6. The van der Waals surface area contributed by atoms with Crippen molar-refractivity contribution in [2.45, 2.75) is 33.9 Å². The number of anilines is 1. The number of hydrogen-bond donors (Lipinski definition) is 1. The second kappa shape index (κ2) is 8.30. The number of nitrogens with zero attached hydrogens (tertiary/aromatic N) is 8. The average Bonchev–Trinajstić information content (AvgIpc) is 3.52. The van der Waals surface area contributed by atoms with E-state index in [2.05, 4.69) is 36.6 Å². The van der Waals surface area contributed by atoms with Gasteiger partial charge in [0.15, 0.2) is 5.65 Å². The molecule has 1 amide bonds. The molecule has 10 heteroatoms. The minimum atomic E-state index is -0.371. The summed E-state index contributed by atoms with van der Waals surface area (Å²) in [5, 5.41) is 16.0.